The third kappa shape index (κ3) is 3.70. The molecular formula is C30H35N7O2. The molecule has 5 aliphatic heterocycles. The van der Waals surface area contributed by atoms with Crippen molar-refractivity contribution in [1.29, 1.82) is 5.26 Å². The quantitative estimate of drug-likeness (QED) is 0.514. The SMILES string of the molecule is C[C@@H]1CN(c2ccc(C#N)n3nccc23)C[C@H](CN2CC3(C2)OCc2cc(N4CC5(CN(C)C5)C4)ccc23)O1. The van der Waals surface area contributed by atoms with Gasteiger partial charge in [0.25, 0.3) is 0 Å². The number of anilines is 2. The van der Waals surface area contributed by atoms with E-state index in [9.17, 15) is 5.26 Å². The van der Waals surface area contributed by atoms with Crippen LogP contribution in [0.1, 0.15) is 23.7 Å². The molecule has 39 heavy (non-hydrogen) atoms. The Morgan fingerprint density at radius 1 is 1.03 bits per heavy atom. The Labute approximate surface area is 229 Å². The van der Waals surface area contributed by atoms with Gasteiger partial charge in [-0.15, -0.1) is 0 Å². The van der Waals surface area contributed by atoms with E-state index in [0.29, 0.717) is 17.7 Å². The van der Waals surface area contributed by atoms with Gasteiger partial charge < -0.3 is 24.2 Å². The summed E-state index contributed by atoms with van der Waals surface area (Å²) in [5.41, 5.74) is 7.08. The van der Waals surface area contributed by atoms with Crippen LogP contribution in [0, 0.1) is 16.7 Å². The van der Waals surface area contributed by atoms with Gasteiger partial charge in [-0.1, -0.05) is 6.07 Å². The zero-order valence-electron chi connectivity index (χ0n) is 22.7. The van der Waals surface area contributed by atoms with E-state index in [4.69, 9.17) is 9.47 Å². The molecular weight excluding hydrogens is 490 g/mol. The van der Waals surface area contributed by atoms with Crippen LogP contribution in [-0.2, 0) is 21.7 Å². The van der Waals surface area contributed by atoms with Crippen LogP contribution in [0.15, 0.2) is 42.6 Å². The van der Waals surface area contributed by atoms with Crippen molar-refractivity contribution in [1.82, 2.24) is 19.4 Å². The number of rotatable bonds is 4. The summed E-state index contributed by atoms with van der Waals surface area (Å²) < 4.78 is 14.6. The van der Waals surface area contributed by atoms with Crippen molar-refractivity contribution in [2.75, 3.05) is 75.8 Å². The molecule has 2 atom stereocenters. The Bertz CT molecular complexity index is 1470. The fourth-order valence-corrected chi connectivity index (χ4v) is 7.93. The van der Waals surface area contributed by atoms with Crippen LogP contribution in [0.5, 0.6) is 0 Å². The number of nitriles is 1. The maximum absolute atomic E-state index is 9.45. The van der Waals surface area contributed by atoms with Crippen molar-refractivity contribution in [3.8, 4) is 6.07 Å². The van der Waals surface area contributed by atoms with E-state index in [0.717, 1.165) is 43.9 Å². The van der Waals surface area contributed by atoms with Gasteiger partial charge in [0.15, 0.2) is 0 Å². The molecule has 202 valence electrons. The molecule has 9 heteroatoms. The number of ether oxygens (including phenoxy) is 2. The molecule has 8 rings (SSSR count). The molecule has 0 radical (unpaired) electrons. The Morgan fingerprint density at radius 2 is 1.87 bits per heavy atom. The van der Waals surface area contributed by atoms with E-state index < -0.39 is 0 Å². The lowest BCUT2D eigenvalue weighted by Gasteiger charge is -2.60. The first-order valence-corrected chi connectivity index (χ1v) is 14.1. The maximum Gasteiger partial charge on any atom is 0.142 e. The second kappa shape index (κ2) is 8.42. The highest BCUT2D eigenvalue weighted by atomic mass is 16.5. The summed E-state index contributed by atoms with van der Waals surface area (Å²) in [5, 5.41) is 13.8. The molecule has 1 aromatic carbocycles. The summed E-state index contributed by atoms with van der Waals surface area (Å²) in [4.78, 5) is 9.81. The van der Waals surface area contributed by atoms with Gasteiger partial charge in [0.05, 0.1) is 36.2 Å². The third-order valence-corrected chi connectivity index (χ3v) is 9.45. The molecule has 3 aromatic rings. The highest BCUT2D eigenvalue weighted by Crippen LogP contribution is 2.46. The van der Waals surface area contributed by atoms with Gasteiger partial charge in [-0.05, 0) is 55.4 Å². The summed E-state index contributed by atoms with van der Waals surface area (Å²) >= 11 is 0. The number of aromatic nitrogens is 2. The van der Waals surface area contributed by atoms with Gasteiger partial charge in [-0.25, -0.2) is 4.52 Å². The molecule has 0 bridgehead atoms. The van der Waals surface area contributed by atoms with E-state index in [1.165, 1.54) is 43.0 Å². The van der Waals surface area contributed by atoms with E-state index in [2.05, 4.69) is 62.9 Å². The number of nitrogens with zero attached hydrogens (tertiary/aromatic N) is 7. The molecule has 5 aliphatic rings. The molecule has 7 heterocycles. The van der Waals surface area contributed by atoms with Gasteiger partial charge in [0, 0.05) is 70.0 Å². The number of fused-ring (bicyclic) bond motifs is 3. The number of morpholine rings is 1. The molecule has 0 amide bonds. The summed E-state index contributed by atoms with van der Waals surface area (Å²) in [5.74, 6) is 0. The summed E-state index contributed by atoms with van der Waals surface area (Å²) in [6.07, 6.45) is 1.99. The summed E-state index contributed by atoms with van der Waals surface area (Å²) in [6, 6.07) is 15.1. The number of pyridine rings is 1. The van der Waals surface area contributed by atoms with Gasteiger partial charge >= 0.3 is 0 Å². The molecule has 0 unspecified atom stereocenters. The second-order valence-electron chi connectivity index (χ2n) is 12.6. The fraction of sp³-hybridized carbons (Fsp3) is 0.533. The number of benzene rings is 1. The zero-order valence-corrected chi connectivity index (χ0v) is 22.7. The van der Waals surface area contributed by atoms with Crippen LogP contribution in [0.25, 0.3) is 5.52 Å². The number of hydrogen-bond acceptors (Lipinski definition) is 8. The van der Waals surface area contributed by atoms with Crippen molar-refractivity contribution in [2.45, 2.75) is 31.3 Å². The number of likely N-dealkylation sites (tertiary alicyclic amines) is 2. The van der Waals surface area contributed by atoms with Crippen molar-refractivity contribution >= 4 is 16.9 Å². The Kier molecular flexibility index (Phi) is 5.12. The maximum atomic E-state index is 9.45. The largest absolute Gasteiger partial charge is 0.370 e. The van der Waals surface area contributed by atoms with Crippen LogP contribution >= 0.6 is 0 Å². The first-order valence-electron chi connectivity index (χ1n) is 14.1. The molecule has 4 fully saturated rings. The van der Waals surface area contributed by atoms with E-state index in [1.54, 1.807) is 10.7 Å². The molecule has 0 saturated carbocycles. The van der Waals surface area contributed by atoms with Crippen LogP contribution in [0.2, 0.25) is 0 Å². The first kappa shape index (κ1) is 23.7. The summed E-state index contributed by atoms with van der Waals surface area (Å²) in [7, 11) is 2.22. The lowest BCUT2D eigenvalue weighted by Crippen LogP contribution is -2.71. The minimum absolute atomic E-state index is 0.109. The third-order valence-electron chi connectivity index (χ3n) is 9.45. The lowest BCUT2D eigenvalue weighted by atomic mass is 9.73. The summed E-state index contributed by atoms with van der Waals surface area (Å²) in [6.45, 7) is 12.0. The average Bonchev–Trinajstić information content (AvgIpc) is 3.50. The van der Waals surface area contributed by atoms with Crippen molar-refractivity contribution in [3.63, 3.8) is 0 Å². The fourth-order valence-electron chi connectivity index (χ4n) is 7.93. The Balaban J connectivity index is 0.922. The van der Waals surface area contributed by atoms with Gasteiger partial charge in [0.1, 0.15) is 17.4 Å². The molecule has 0 N–H and O–H groups in total. The Morgan fingerprint density at radius 3 is 2.67 bits per heavy atom. The van der Waals surface area contributed by atoms with Crippen molar-refractivity contribution < 1.29 is 9.47 Å². The smallest absolute Gasteiger partial charge is 0.142 e. The van der Waals surface area contributed by atoms with Crippen molar-refractivity contribution in [3.05, 3.63) is 59.4 Å². The number of hydrogen-bond donors (Lipinski definition) is 0. The Hall–Kier alpha value is -3.16. The zero-order chi connectivity index (χ0) is 26.4. The second-order valence-corrected chi connectivity index (χ2v) is 12.6. The van der Waals surface area contributed by atoms with Crippen LogP contribution in [0.4, 0.5) is 11.4 Å². The standard InChI is InChI=1S/C30H35N7O2/c1-21-11-35(27-6-4-24(10-31)37-28(27)7-8-32-37)13-25(39-21)12-34-19-30(20-34)26-5-3-23(9-22(26)14-38-30)36-17-29(18-36)15-33(2)16-29/h3-9,21,25H,11-20H2,1-2H3/t21-,25+/m1/s1. The van der Waals surface area contributed by atoms with Crippen LogP contribution in [-0.4, -0.2) is 97.6 Å². The van der Waals surface area contributed by atoms with E-state index in [1.807, 2.05) is 18.2 Å². The molecule has 2 spiro atoms. The normalized spacial score (nSPS) is 27.3. The average molecular weight is 526 g/mol. The first-order chi connectivity index (χ1) is 18.9. The topological polar surface area (TPSA) is 72.5 Å². The van der Waals surface area contributed by atoms with Crippen LogP contribution in [0.3, 0.4) is 0 Å². The molecule has 2 aromatic heterocycles. The lowest BCUT2D eigenvalue weighted by molar-refractivity contribution is -0.155. The predicted molar refractivity (Wildman–Crippen MR) is 148 cm³/mol. The molecule has 4 saturated heterocycles. The minimum Gasteiger partial charge on any atom is -0.370 e. The minimum atomic E-state index is -0.169. The molecule has 9 nitrogen and oxygen atoms in total. The van der Waals surface area contributed by atoms with Gasteiger partial charge in [-0.3, -0.25) is 4.90 Å². The van der Waals surface area contributed by atoms with E-state index in [-0.39, 0.29) is 17.8 Å². The van der Waals surface area contributed by atoms with Crippen molar-refractivity contribution in [2.24, 2.45) is 5.41 Å². The molecule has 0 aliphatic carbocycles. The van der Waals surface area contributed by atoms with Gasteiger partial charge in [-0.2, -0.15) is 10.4 Å². The van der Waals surface area contributed by atoms with E-state index >= 15 is 0 Å². The predicted octanol–water partition coefficient (Wildman–Crippen LogP) is 2.29. The highest BCUT2D eigenvalue weighted by molar-refractivity contribution is 5.74. The van der Waals surface area contributed by atoms with Crippen LogP contribution < -0.4 is 9.80 Å². The van der Waals surface area contributed by atoms with Gasteiger partial charge in [0.2, 0.25) is 0 Å². The highest BCUT2D eigenvalue weighted by Gasteiger charge is 2.52. The monoisotopic (exact) mass is 525 g/mol.